The molecule has 4 heteroatoms. The Kier molecular flexibility index (Phi) is 7.47. The summed E-state index contributed by atoms with van der Waals surface area (Å²) in [6, 6.07) is 78.4. The van der Waals surface area contributed by atoms with Crippen molar-refractivity contribution in [1.82, 2.24) is 9.13 Å². The number of hydrogen-bond acceptors (Lipinski definition) is 1. The Morgan fingerprint density at radius 2 is 0.847 bits per heavy atom. The molecule has 0 N–H and O–H groups in total. The van der Waals surface area contributed by atoms with Gasteiger partial charge in [0.1, 0.15) is 11.2 Å². The van der Waals surface area contributed by atoms with Crippen LogP contribution in [0.15, 0.2) is 217 Å². The lowest BCUT2D eigenvalue weighted by Crippen LogP contribution is -2.74. The van der Waals surface area contributed by atoms with E-state index < -0.39 is 8.07 Å². The minimum atomic E-state index is -2.92. The van der Waals surface area contributed by atoms with Gasteiger partial charge >= 0.3 is 0 Å². The molecule has 0 fully saturated rings. The zero-order chi connectivity index (χ0) is 39.1. The zero-order valence-corrected chi connectivity index (χ0v) is 33.5. The Morgan fingerprint density at radius 1 is 0.339 bits per heavy atom. The highest BCUT2D eigenvalue weighted by atomic mass is 28.3. The highest BCUT2D eigenvalue weighted by molar-refractivity contribution is 7.20. The third-order valence-corrected chi connectivity index (χ3v) is 17.2. The molecule has 0 radical (unpaired) electrons. The molecule has 12 aromatic rings. The van der Waals surface area contributed by atoms with E-state index in [1.807, 2.05) is 6.07 Å². The Labute approximate surface area is 342 Å². The highest BCUT2D eigenvalue weighted by Crippen LogP contribution is 2.41. The summed E-state index contributed by atoms with van der Waals surface area (Å²) in [6.45, 7) is 2.25. The maximum absolute atomic E-state index is 6.38. The topological polar surface area (TPSA) is 23.0 Å². The van der Waals surface area contributed by atoms with Crippen LogP contribution in [0.2, 0.25) is 0 Å². The van der Waals surface area contributed by atoms with Crippen LogP contribution in [0.3, 0.4) is 0 Å². The van der Waals surface area contributed by atoms with E-state index in [1.165, 1.54) is 81.0 Å². The average molecular weight is 771 g/mol. The smallest absolute Gasteiger partial charge is 0.179 e. The minimum absolute atomic E-state index is 0.914. The van der Waals surface area contributed by atoms with Crippen molar-refractivity contribution >= 4 is 94.4 Å². The molecule has 0 bridgehead atoms. The lowest BCUT2D eigenvalue weighted by Gasteiger charge is -2.35. The van der Waals surface area contributed by atoms with Gasteiger partial charge in [0.05, 0.1) is 22.1 Å². The van der Waals surface area contributed by atoms with Crippen LogP contribution >= 0.6 is 0 Å². The van der Waals surface area contributed by atoms with E-state index in [0.717, 1.165) is 22.2 Å². The zero-order valence-electron chi connectivity index (χ0n) is 32.5. The first-order valence-corrected chi connectivity index (χ1v) is 22.3. The van der Waals surface area contributed by atoms with E-state index in [9.17, 15) is 0 Å². The molecule has 0 atom stereocenters. The maximum Gasteiger partial charge on any atom is 0.179 e. The molecular formula is C55H38N2OSi. The Morgan fingerprint density at radius 3 is 1.49 bits per heavy atom. The van der Waals surface area contributed by atoms with Gasteiger partial charge in [-0.05, 0) is 93.9 Å². The van der Waals surface area contributed by atoms with Crippen molar-refractivity contribution in [1.29, 1.82) is 0 Å². The van der Waals surface area contributed by atoms with Crippen molar-refractivity contribution < 1.29 is 4.42 Å². The van der Waals surface area contributed by atoms with Crippen molar-refractivity contribution in [3.8, 4) is 11.4 Å². The van der Waals surface area contributed by atoms with Gasteiger partial charge in [-0.15, -0.1) is 0 Å². The summed E-state index contributed by atoms with van der Waals surface area (Å²) < 4.78 is 11.3. The SMILES string of the molecule is Cc1cc(-n2c3ccccc3c3ccccc32)cc([Si](c2ccccc2)(c2ccccc2)c2ccc(-n3c4ccccc4c4c5c(ccc43)oc3ccccc35)cc2)c1. The first kappa shape index (κ1) is 33.7. The molecular weight excluding hydrogens is 733 g/mol. The molecule has 59 heavy (non-hydrogen) atoms. The Hall–Kier alpha value is -7.40. The summed E-state index contributed by atoms with van der Waals surface area (Å²) in [5.74, 6) is 0. The van der Waals surface area contributed by atoms with E-state index in [0.29, 0.717) is 0 Å². The van der Waals surface area contributed by atoms with Gasteiger partial charge < -0.3 is 13.6 Å². The number of benzene rings is 9. The lowest BCUT2D eigenvalue weighted by molar-refractivity contribution is 0.669. The molecule has 0 unspecified atom stereocenters. The van der Waals surface area contributed by atoms with Crippen LogP contribution in [-0.2, 0) is 0 Å². The van der Waals surface area contributed by atoms with Crippen molar-refractivity contribution in [2.24, 2.45) is 0 Å². The van der Waals surface area contributed by atoms with Crippen molar-refractivity contribution in [3.05, 3.63) is 218 Å². The predicted octanol–water partition coefficient (Wildman–Crippen LogP) is 11.5. The molecule has 12 rings (SSSR count). The van der Waals surface area contributed by atoms with Crippen molar-refractivity contribution in [2.75, 3.05) is 0 Å². The summed E-state index contributed by atoms with van der Waals surface area (Å²) >= 11 is 0. The first-order valence-electron chi connectivity index (χ1n) is 20.3. The molecule has 0 spiro atoms. The van der Waals surface area contributed by atoms with Crippen LogP contribution in [0.25, 0.3) is 76.9 Å². The minimum Gasteiger partial charge on any atom is -0.456 e. The number of aromatic nitrogens is 2. The highest BCUT2D eigenvalue weighted by Gasteiger charge is 2.42. The van der Waals surface area contributed by atoms with Gasteiger partial charge in [0.15, 0.2) is 8.07 Å². The van der Waals surface area contributed by atoms with Gasteiger partial charge in [0.25, 0.3) is 0 Å². The number of hydrogen-bond donors (Lipinski definition) is 0. The van der Waals surface area contributed by atoms with Crippen LogP contribution in [0.1, 0.15) is 5.56 Å². The number of para-hydroxylation sites is 4. The first-order chi connectivity index (χ1) is 29.2. The number of rotatable bonds is 6. The number of fused-ring (bicyclic) bond motifs is 10. The van der Waals surface area contributed by atoms with Crippen LogP contribution in [0, 0.1) is 6.92 Å². The molecule has 278 valence electrons. The van der Waals surface area contributed by atoms with Gasteiger partial charge in [-0.25, -0.2) is 0 Å². The predicted molar refractivity (Wildman–Crippen MR) is 251 cm³/mol. The second kappa shape index (κ2) is 13.1. The monoisotopic (exact) mass is 770 g/mol. The van der Waals surface area contributed by atoms with Crippen LogP contribution in [0.5, 0.6) is 0 Å². The summed E-state index contributed by atoms with van der Waals surface area (Å²) in [5.41, 5.74) is 10.2. The summed E-state index contributed by atoms with van der Waals surface area (Å²) in [7, 11) is -2.92. The van der Waals surface area contributed by atoms with E-state index in [-0.39, 0.29) is 0 Å². The second-order valence-electron chi connectivity index (χ2n) is 15.7. The Bertz CT molecular complexity index is 3470. The fraction of sp³-hybridized carbons (Fsp3) is 0.0182. The maximum atomic E-state index is 6.38. The normalized spacial score (nSPS) is 12.2. The number of aryl methyl sites for hydroxylation is 1. The van der Waals surface area contributed by atoms with Crippen LogP contribution in [0.4, 0.5) is 0 Å². The Balaban J connectivity index is 1.12. The quantitative estimate of drug-likeness (QED) is 0.122. The molecule has 0 saturated heterocycles. The summed E-state index contributed by atoms with van der Waals surface area (Å²) in [5, 5.41) is 12.7. The molecule has 0 aliphatic carbocycles. The third kappa shape index (κ3) is 4.94. The fourth-order valence-electron chi connectivity index (χ4n) is 10.1. The second-order valence-corrected chi connectivity index (χ2v) is 19.5. The summed E-state index contributed by atoms with van der Waals surface area (Å²) in [6.07, 6.45) is 0. The van der Waals surface area contributed by atoms with Crippen molar-refractivity contribution in [2.45, 2.75) is 6.92 Å². The van der Waals surface area contributed by atoms with Gasteiger partial charge in [-0.1, -0.05) is 152 Å². The van der Waals surface area contributed by atoms with Gasteiger partial charge in [0, 0.05) is 43.7 Å². The van der Waals surface area contributed by atoms with Gasteiger partial charge in [0.2, 0.25) is 0 Å². The van der Waals surface area contributed by atoms with Gasteiger partial charge in [-0.3, -0.25) is 0 Å². The van der Waals surface area contributed by atoms with Crippen LogP contribution < -0.4 is 20.7 Å². The van der Waals surface area contributed by atoms with Crippen molar-refractivity contribution in [3.63, 3.8) is 0 Å². The van der Waals surface area contributed by atoms with E-state index in [4.69, 9.17) is 4.42 Å². The molecule has 0 saturated carbocycles. The summed E-state index contributed by atoms with van der Waals surface area (Å²) in [4.78, 5) is 0. The molecule has 3 aromatic heterocycles. The van der Waals surface area contributed by atoms with E-state index >= 15 is 0 Å². The molecule has 9 aromatic carbocycles. The number of furan rings is 1. The number of nitrogens with zero attached hydrogens (tertiary/aromatic N) is 2. The standard InChI is InChI=1S/C55H38N2OSi/c1-37-34-39(57-48-24-12-8-20-44(48)45-21-9-13-25-49(45)57)36-43(35-37)59(40-16-4-2-5-17-40,41-18-6-3-7-19-41)42-30-28-38(29-31-42)56-50-26-14-10-22-46(50)54-51(56)32-33-53-55(54)47-23-11-15-27-52(47)58-53/h2-36H,1H3. The molecule has 3 heterocycles. The molecule has 0 aliphatic rings. The van der Waals surface area contributed by atoms with E-state index in [1.54, 1.807) is 0 Å². The van der Waals surface area contributed by atoms with Crippen LogP contribution in [-0.4, -0.2) is 17.2 Å². The van der Waals surface area contributed by atoms with E-state index in [2.05, 4.69) is 222 Å². The average Bonchev–Trinajstić information content (AvgIpc) is 3.95. The molecule has 0 aliphatic heterocycles. The third-order valence-electron chi connectivity index (χ3n) is 12.5. The van der Waals surface area contributed by atoms with Gasteiger partial charge in [-0.2, -0.15) is 0 Å². The fourth-order valence-corrected chi connectivity index (χ4v) is 15.0. The molecule has 0 amide bonds. The lowest BCUT2D eigenvalue weighted by atomic mass is 10.1. The molecule has 3 nitrogen and oxygen atoms in total. The largest absolute Gasteiger partial charge is 0.456 e.